The molecule has 12 nitrogen and oxygen atoms in total. The summed E-state index contributed by atoms with van der Waals surface area (Å²) >= 11 is 0. The highest BCUT2D eigenvalue weighted by molar-refractivity contribution is 7.46. The lowest BCUT2D eigenvalue weighted by Crippen LogP contribution is -2.33. The fourth-order valence-electron chi connectivity index (χ4n) is 3.32. The Morgan fingerprint density at radius 3 is 2.61 bits per heavy atom. The van der Waals surface area contributed by atoms with Gasteiger partial charge in [0.2, 0.25) is 0 Å². The molecule has 0 saturated carbocycles. The van der Waals surface area contributed by atoms with E-state index in [4.69, 9.17) is 14.5 Å². The summed E-state index contributed by atoms with van der Waals surface area (Å²) in [6.07, 6.45) is -3.20. The molecular formula is C17H17F3N5O7P. The number of ether oxygens (including phenoxy) is 1. The van der Waals surface area contributed by atoms with E-state index in [9.17, 15) is 27.9 Å². The zero-order valence-electron chi connectivity index (χ0n) is 16.4. The minimum atomic E-state index is -4.82. The number of rotatable bonds is 7. The molecule has 0 spiro atoms. The van der Waals surface area contributed by atoms with Crippen LogP contribution in [-0.4, -0.2) is 64.4 Å². The number of phosphoric acid groups is 1. The molecule has 2 aromatic heterocycles. The van der Waals surface area contributed by atoms with Gasteiger partial charge in [0.25, 0.3) is 0 Å². The summed E-state index contributed by atoms with van der Waals surface area (Å²) in [5.74, 6) is -4.16. The quantitative estimate of drug-likeness (QED) is 0.231. The Morgan fingerprint density at radius 2 is 1.88 bits per heavy atom. The summed E-state index contributed by atoms with van der Waals surface area (Å²) in [5.41, 5.74) is 0.123. The van der Waals surface area contributed by atoms with Crippen molar-refractivity contribution in [1.29, 1.82) is 0 Å². The highest BCUT2D eigenvalue weighted by atomic mass is 31.2. The number of hydrogen-bond donors (Lipinski definition) is 5. The molecule has 0 amide bonds. The lowest BCUT2D eigenvalue weighted by molar-refractivity contribution is -0.0504. The largest absolute Gasteiger partial charge is 0.469 e. The zero-order chi connectivity index (χ0) is 23.9. The third-order valence-corrected chi connectivity index (χ3v) is 5.42. The Morgan fingerprint density at radius 1 is 1.12 bits per heavy atom. The molecule has 178 valence electrons. The average molecular weight is 491 g/mol. The normalized spacial score (nSPS) is 23.4. The Hall–Kier alpha value is -2.65. The summed E-state index contributed by atoms with van der Waals surface area (Å²) in [5, 5.41) is 23.2. The van der Waals surface area contributed by atoms with Crippen molar-refractivity contribution in [3.8, 4) is 0 Å². The summed E-state index contributed by atoms with van der Waals surface area (Å²) in [6.45, 7) is -0.946. The maximum atomic E-state index is 13.9. The van der Waals surface area contributed by atoms with Crippen LogP contribution in [0.25, 0.3) is 11.2 Å². The number of phosphoric ester groups is 1. The highest BCUT2D eigenvalue weighted by Gasteiger charge is 2.45. The predicted octanol–water partition coefficient (Wildman–Crippen LogP) is 0.584. The molecule has 0 bridgehead atoms. The van der Waals surface area contributed by atoms with Crippen molar-refractivity contribution >= 4 is 24.8 Å². The van der Waals surface area contributed by atoms with Crippen LogP contribution in [0.2, 0.25) is 0 Å². The molecular weight excluding hydrogens is 474 g/mol. The van der Waals surface area contributed by atoms with Crippen LogP contribution in [0.1, 0.15) is 11.8 Å². The van der Waals surface area contributed by atoms with E-state index in [0.29, 0.717) is 0 Å². The van der Waals surface area contributed by atoms with Crippen LogP contribution in [0.4, 0.5) is 19.0 Å². The van der Waals surface area contributed by atoms with Crippen LogP contribution >= 0.6 is 7.82 Å². The molecule has 4 rings (SSSR count). The second-order valence-electron chi connectivity index (χ2n) is 7.07. The third kappa shape index (κ3) is 4.70. The van der Waals surface area contributed by atoms with Crippen molar-refractivity contribution in [2.75, 3.05) is 11.9 Å². The number of nitrogens with one attached hydrogen (secondary N) is 1. The summed E-state index contributed by atoms with van der Waals surface area (Å²) in [7, 11) is -4.82. The maximum Gasteiger partial charge on any atom is 0.469 e. The number of aliphatic hydroxyl groups is 2. The number of anilines is 1. The first-order chi connectivity index (χ1) is 15.6. The van der Waals surface area contributed by atoms with Gasteiger partial charge in [0.1, 0.15) is 24.6 Å². The van der Waals surface area contributed by atoms with Crippen molar-refractivity contribution < 1.29 is 47.0 Å². The average Bonchev–Trinajstić information content (AvgIpc) is 3.31. The van der Waals surface area contributed by atoms with Gasteiger partial charge in [-0.2, -0.15) is 0 Å². The van der Waals surface area contributed by atoms with E-state index in [2.05, 4.69) is 24.8 Å². The molecule has 1 saturated heterocycles. The van der Waals surface area contributed by atoms with E-state index >= 15 is 0 Å². The number of imidazole rings is 1. The van der Waals surface area contributed by atoms with Crippen molar-refractivity contribution in [2.24, 2.45) is 0 Å². The smallest absolute Gasteiger partial charge is 0.387 e. The molecule has 5 N–H and O–H groups in total. The van der Waals surface area contributed by atoms with Gasteiger partial charge in [-0.05, 0) is 6.07 Å². The van der Waals surface area contributed by atoms with Crippen LogP contribution in [0.5, 0.6) is 0 Å². The van der Waals surface area contributed by atoms with E-state index in [1.165, 1.54) is 10.9 Å². The topological polar surface area (TPSA) is 172 Å². The molecule has 4 atom stereocenters. The molecule has 3 heterocycles. The van der Waals surface area contributed by atoms with Gasteiger partial charge in [-0.15, -0.1) is 0 Å². The first-order valence-corrected chi connectivity index (χ1v) is 10.9. The number of aliphatic hydroxyl groups excluding tert-OH is 2. The number of nitrogens with zero attached hydrogens (tertiary/aromatic N) is 4. The molecule has 1 aliphatic rings. The van der Waals surface area contributed by atoms with Gasteiger partial charge in [-0.25, -0.2) is 32.7 Å². The van der Waals surface area contributed by atoms with Gasteiger partial charge < -0.3 is 30.1 Å². The number of fused-ring (bicyclic) bond motifs is 1. The third-order valence-electron chi connectivity index (χ3n) is 4.94. The van der Waals surface area contributed by atoms with Crippen LogP contribution in [0.3, 0.4) is 0 Å². The molecule has 1 aliphatic heterocycles. The second-order valence-corrected chi connectivity index (χ2v) is 8.31. The molecule has 1 aromatic carbocycles. The SMILES string of the molecule is O=P(O)(O)OC[C@H]1O[C@@H](n2cnc3c(NCc4ccc(F)c(F)c4F)ncnc32)[C@H](O)[C@@H]1O. The summed E-state index contributed by atoms with van der Waals surface area (Å²) in [4.78, 5) is 29.8. The van der Waals surface area contributed by atoms with Crippen LogP contribution in [0.15, 0.2) is 24.8 Å². The van der Waals surface area contributed by atoms with Gasteiger partial charge in [-0.3, -0.25) is 9.09 Å². The summed E-state index contributed by atoms with van der Waals surface area (Å²) < 4.78 is 62.4. The monoisotopic (exact) mass is 491 g/mol. The Bertz CT molecular complexity index is 1230. The molecule has 0 unspecified atom stereocenters. The minimum absolute atomic E-state index is 0.109. The highest BCUT2D eigenvalue weighted by Crippen LogP contribution is 2.39. The number of hydrogen-bond acceptors (Lipinski definition) is 9. The van der Waals surface area contributed by atoms with E-state index < -0.39 is 56.4 Å². The van der Waals surface area contributed by atoms with Crippen LogP contribution in [0, 0.1) is 17.5 Å². The Labute approximate surface area is 182 Å². The Balaban J connectivity index is 1.55. The van der Waals surface area contributed by atoms with E-state index in [1.807, 2.05) is 0 Å². The van der Waals surface area contributed by atoms with Crippen molar-refractivity contribution in [3.05, 3.63) is 47.8 Å². The van der Waals surface area contributed by atoms with Gasteiger partial charge in [0, 0.05) is 12.1 Å². The Kier molecular flexibility index (Phi) is 6.37. The second kappa shape index (κ2) is 8.95. The molecule has 0 aliphatic carbocycles. The number of halogens is 3. The van der Waals surface area contributed by atoms with Gasteiger partial charge >= 0.3 is 7.82 Å². The molecule has 0 radical (unpaired) electrons. The first kappa shape index (κ1) is 23.5. The number of benzene rings is 1. The molecule has 1 fully saturated rings. The van der Waals surface area contributed by atoms with Gasteiger partial charge in [0.15, 0.2) is 40.7 Å². The van der Waals surface area contributed by atoms with E-state index in [-0.39, 0.29) is 29.1 Å². The predicted molar refractivity (Wildman–Crippen MR) is 103 cm³/mol. The maximum absolute atomic E-state index is 13.9. The number of aromatic nitrogens is 4. The fourth-order valence-corrected chi connectivity index (χ4v) is 3.66. The van der Waals surface area contributed by atoms with Crippen molar-refractivity contribution in [1.82, 2.24) is 19.5 Å². The van der Waals surface area contributed by atoms with E-state index in [0.717, 1.165) is 18.5 Å². The molecule has 33 heavy (non-hydrogen) atoms. The fraction of sp³-hybridized carbons (Fsp3) is 0.353. The van der Waals surface area contributed by atoms with Crippen LogP contribution < -0.4 is 5.32 Å². The minimum Gasteiger partial charge on any atom is -0.387 e. The molecule has 3 aromatic rings. The zero-order valence-corrected chi connectivity index (χ0v) is 17.3. The standard InChI is InChI=1S/C17H17F3N5O7P/c18-8-2-1-7(10(19)11(8)20)3-21-15-12-16(23-5-22-15)25(6-24-12)17-14(27)13(26)9(32-17)4-31-33(28,29)30/h1-2,5-6,9,13-14,17,26-27H,3-4H2,(H,21,22,23)(H2,28,29,30)/t9-,13-,14-,17-/m1/s1. The van der Waals surface area contributed by atoms with Crippen molar-refractivity contribution in [3.63, 3.8) is 0 Å². The lowest BCUT2D eigenvalue weighted by Gasteiger charge is -2.16. The molecule has 16 heteroatoms. The first-order valence-electron chi connectivity index (χ1n) is 9.32. The summed E-state index contributed by atoms with van der Waals surface area (Å²) in [6, 6.07) is 1.86. The van der Waals surface area contributed by atoms with Crippen molar-refractivity contribution in [2.45, 2.75) is 31.1 Å². The van der Waals surface area contributed by atoms with Gasteiger partial charge in [0.05, 0.1) is 12.9 Å². The lowest BCUT2D eigenvalue weighted by atomic mass is 10.1. The van der Waals surface area contributed by atoms with E-state index in [1.54, 1.807) is 0 Å². The van der Waals surface area contributed by atoms with Crippen LogP contribution in [-0.2, 0) is 20.4 Å². The van der Waals surface area contributed by atoms with Gasteiger partial charge in [-0.1, -0.05) is 6.07 Å².